The quantitative estimate of drug-likeness (QED) is 0.624. The second-order valence-corrected chi connectivity index (χ2v) is 5.10. The van der Waals surface area contributed by atoms with Crippen molar-refractivity contribution < 1.29 is 4.74 Å². The van der Waals surface area contributed by atoms with Gasteiger partial charge in [0.15, 0.2) is 0 Å². The van der Waals surface area contributed by atoms with Gasteiger partial charge in [0.1, 0.15) is 0 Å². The maximum Gasteiger partial charge on any atom is 0.0491 e. The first kappa shape index (κ1) is 15.7. The number of ether oxygens (including phenoxy) is 1. The molecule has 1 nitrogen and oxygen atoms in total. The van der Waals surface area contributed by atoms with Crippen LogP contribution >= 0.6 is 0 Å². The third kappa shape index (κ3) is 8.96. The SMILES string of the molecule is CC1=CCC(C)CC1.CCOCC(C)CC. The Kier molecular flexibility index (Phi) is 9.71. The van der Waals surface area contributed by atoms with E-state index in [0.717, 1.165) is 25.0 Å². The van der Waals surface area contributed by atoms with Crippen molar-refractivity contribution >= 4 is 0 Å². The smallest absolute Gasteiger partial charge is 0.0491 e. The van der Waals surface area contributed by atoms with Crippen LogP contribution in [0, 0.1) is 11.8 Å². The second-order valence-electron chi connectivity index (χ2n) is 5.10. The van der Waals surface area contributed by atoms with Crippen LogP contribution < -0.4 is 0 Å². The minimum Gasteiger partial charge on any atom is -0.381 e. The van der Waals surface area contributed by atoms with Gasteiger partial charge in [-0.15, -0.1) is 0 Å². The Hall–Kier alpha value is -0.300. The Bertz CT molecular complexity index is 184. The van der Waals surface area contributed by atoms with Crippen LogP contribution in [0.1, 0.15) is 60.3 Å². The van der Waals surface area contributed by atoms with E-state index in [-0.39, 0.29) is 0 Å². The van der Waals surface area contributed by atoms with Gasteiger partial charge in [-0.3, -0.25) is 0 Å². The Morgan fingerprint density at radius 3 is 2.50 bits per heavy atom. The van der Waals surface area contributed by atoms with E-state index in [4.69, 9.17) is 4.74 Å². The molecule has 0 aromatic rings. The molecule has 0 saturated heterocycles. The van der Waals surface area contributed by atoms with Gasteiger partial charge in [-0.1, -0.05) is 38.8 Å². The van der Waals surface area contributed by atoms with Crippen molar-refractivity contribution in [1.29, 1.82) is 0 Å². The van der Waals surface area contributed by atoms with Crippen molar-refractivity contribution in [1.82, 2.24) is 0 Å². The highest BCUT2D eigenvalue weighted by Gasteiger charge is 2.05. The third-order valence-corrected chi connectivity index (χ3v) is 3.20. The summed E-state index contributed by atoms with van der Waals surface area (Å²) < 4.78 is 5.19. The topological polar surface area (TPSA) is 9.23 Å². The summed E-state index contributed by atoms with van der Waals surface area (Å²) >= 11 is 0. The van der Waals surface area contributed by atoms with E-state index in [9.17, 15) is 0 Å². The lowest BCUT2D eigenvalue weighted by Crippen LogP contribution is -2.03. The van der Waals surface area contributed by atoms with Crippen LogP contribution in [-0.4, -0.2) is 13.2 Å². The van der Waals surface area contributed by atoms with E-state index in [1.54, 1.807) is 5.57 Å². The van der Waals surface area contributed by atoms with Gasteiger partial charge < -0.3 is 4.74 Å². The van der Waals surface area contributed by atoms with Gasteiger partial charge in [0.05, 0.1) is 0 Å². The molecule has 1 rings (SSSR count). The summed E-state index contributed by atoms with van der Waals surface area (Å²) in [5, 5.41) is 0. The molecule has 0 heterocycles. The van der Waals surface area contributed by atoms with E-state index in [1.165, 1.54) is 25.7 Å². The molecule has 0 aromatic carbocycles. The van der Waals surface area contributed by atoms with E-state index in [2.05, 4.69) is 33.8 Å². The monoisotopic (exact) mass is 226 g/mol. The van der Waals surface area contributed by atoms with Crippen LogP contribution in [0.15, 0.2) is 11.6 Å². The van der Waals surface area contributed by atoms with E-state index in [1.807, 2.05) is 6.92 Å². The van der Waals surface area contributed by atoms with Crippen LogP contribution in [0.3, 0.4) is 0 Å². The predicted octanol–water partition coefficient (Wildman–Crippen LogP) is 4.82. The van der Waals surface area contributed by atoms with Crippen molar-refractivity contribution in [2.75, 3.05) is 13.2 Å². The molecule has 0 spiro atoms. The standard InChI is InChI=1S/C8H14.C7H16O/c1-7-3-5-8(2)6-4-7;1-4-7(3)6-8-5-2/h3,8H,4-6H2,1-2H3;7H,4-6H2,1-3H3. The fourth-order valence-electron chi connectivity index (χ4n) is 1.53. The highest BCUT2D eigenvalue weighted by Crippen LogP contribution is 2.21. The number of allylic oxidation sites excluding steroid dienone is 2. The van der Waals surface area contributed by atoms with Gasteiger partial charge in [0.2, 0.25) is 0 Å². The second kappa shape index (κ2) is 9.89. The highest BCUT2D eigenvalue weighted by atomic mass is 16.5. The fraction of sp³-hybridized carbons (Fsp3) is 0.867. The normalized spacial score (nSPS) is 21.8. The summed E-state index contributed by atoms with van der Waals surface area (Å²) in [7, 11) is 0. The van der Waals surface area contributed by atoms with Crippen molar-refractivity contribution in [3.8, 4) is 0 Å². The molecule has 96 valence electrons. The summed E-state index contributed by atoms with van der Waals surface area (Å²) in [6.07, 6.45) is 7.64. The maximum absolute atomic E-state index is 5.19. The molecule has 2 atom stereocenters. The highest BCUT2D eigenvalue weighted by molar-refractivity contribution is 5.01. The summed E-state index contributed by atoms with van der Waals surface area (Å²) in [4.78, 5) is 0. The van der Waals surface area contributed by atoms with Crippen LogP contribution in [-0.2, 0) is 4.74 Å². The van der Waals surface area contributed by atoms with Crippen molar-refractivity contribution in [2.24, 2.45) is 11.8 Å². The van der Waals surface area contributed by atoms with E-state index < -0.39 is 0 Å². The zero-order valence-corrected chi connectivity index (χ0v) is 11.9. The van der Waals surface area contributed by atoms with Crippen LogP contribution in [0.5, 0.6) is 0 Å². The van der Waals surface area contributed by atoms with Gasteiger partial charge in [-0.2, -0.15) is 0 Å². The lowest BCUT2D eigenvalue weighted by molar-refractivity contribution is 0.115. The average molecular weight is 226 g/mol. The zero-order valence-electron chi connectivity index (χ0n) is 11.9. The summed E-state index contributed by atoms with van der Waals surface area (Å²) in [5.74, 6) is 1.67. The largest absolute Gasteiger partial charge is 0.381 e. The Morgan fingerprint density at radius 1 is 1.44 bits per heavy atom. The molecule has 0 saturated carbocycles. The molecule has 0 aliphatic heterocycles. The Morgan fingerprint density at radius 2 is 2.12 bits per heavy atom. The van der Waals surface area contributed by atoms with Crippen molar-refractivity contribution in [2.45, 2.75) is 60.3 Å². The number of rotatable bonds is 4. The number of hydrogen-bond acceptors (Lipinski definition) is 1. The molecular weight excluding hydrogens is 196 g/mol. The summed E-state index contributed by atoms with van der Waals surface area (Å²) in [5.41, 5.74) is 1.59. The number of hydrogen-bond donors (Lipinski definition) is 0. The zero-order chi connectivity index (χ0) is 12.4. The molecule has 1 aliphatic carbocycles. The third-order valence-electron chi connectivity index (χ3n) is 3.20. The molecular formula is C15H30O. The predicted molar refractivity (Wildman–Crippen MR) is 72.7 cm³/mol. The molecule has 1 heteroatoms. The lowest BCUT2D eigenvalue weighted by atomic mass is 9.92. The summed E-state index contributed by atoms with van der Waals surface area (Å²) in [6.45, 7) is 12.7. The van der Waals surface area contributed by atoms with Crippen LogP contribution in [0.4, 0.5) is 0 Å². The first-order chi connectivity index (χ1) is 7.60. The van der Waals surface area contributed by atoms with Gasteiger partial charge in [0.25, 0.3) is 0 Å². The molecule has 0 fully saturated rings. The molecule has 1 aliphatic rings. The van der Waals surface area contributed by atoms with Gasteiger partial charge >= 0.3 is 0 Å². The van der Waals surface area contributed by atoms with Crippen LogP contribution in [0.2, 0.25) is 0 Å². The van der Waals surface area contributed by atoms with Crippen molar-refractivity contribution in [3.63, 3.8) is 0 Å². The molecule has 2 unspecified atom stereocenters. The maximum atomic E-state index is 5.19. The molecule has 0 bridgehead atoms. The van der Waals surface area contributed by atoms with E-state index >= 15 is 0 Å². The molecule has 0 aromatic heterocycles. The summed E-state index contributed by atoms with van der Waals surface area (Å²) in [6, 6.07) is 0. The van der Waals surface area contributed by atoms with Gasteiger partial charge in [0, 0.05) is 13.2 Å². The first-order valence-corrected chi connectivity index (χ1v) is 6.83. The van der Waals surface area contributed by atoms with Gasteiger partial charge in [-0.25, -0.2) is 0 Å². The Labute approximate surface area is 102 Å². The molecule has 0 radical (unpaired) electrons. The van der Waals surface area contributed by atoms with Gasteiger partial charge in [-0.05, 0) is 44.9 Å². The Balaban J connectivity index is 0.000000281. The first-order valence-electron chi connectivity index (χ1n) is 6.83. The van der Waals surface area contributed by atoms with E-state index in [0.29, 0.717) is 0 Å². The fourth-order valence-corrected chi connectivity index (χ4v) is 1.53. The molecule has 0 N–H and O–H groups in total. The molecule has 0 amide bonds. The lowest BCUT2D eigenvalue weighted by Gasteiger charge is -2.14. The minimum atomic E-state index is 0.731. The molecule has 16 heavy (non-hydrogen) atoms. The van der Waals surface area contributed by atoms with Crippen LogP contribution in [0.25, 0.3) is 0 Å². The minimum absolute atomic E-state index is 0.731. The van der Waals surface area contributed by atoms with Crippen molar-refractivity contribution in [3.05, 3.63) is 11.6 Å². The average Bonchev–Trinajstić information content (AvgIpc) is 2.30.